The molecule has 0 atom stereocenters. The maximum Gasteiger partial charge on any atom is 0.319 e. The zero-order valence-electron chi connectivity index (χ0n) is 18.6. The number of carbonyl (C=O) groups excluding carboxylic acids is 1. The lowest BCUT2D eigenvalue weighted by Crippen LogP contribution is -2.28. The van der Waals surface area contributed by atoms with Crippen LogP contribution in [0.3, 0.4) is 0 Å². The summed E-state index contributed by atoms with van der Waals surface area (Å²) in [5, 5.41) is 4.83. The van der Waals surface area contributed by atoms with E-state index < -0.39 is 33.5 Å². The van der Waals surface area contributed by atoms with Crippen molar-refractivity contribution in [3.8, 4) is 11.1 Å². The molecule has 0 radical (unpaired) electrons. The van der Waals surface area contributed by atoms with E-state index in [1.165, 1.54) is 30.3 Å². The zero-order valence-corrected chi connectivity index (χ0v) is 19.5. The normalized spacial score (nSPS) is 11.1. The molecule has 0 saturated carbocycles. The first-order valence-electron chi connectivity index (χ1n) is 10.7. The predicted molar refractivity (Wildman–Crippen MR) is 131 cm³/mol. The lowest BCUT2D eigenvalue weighted by atomic mass is 10.1. The van der Waals surface area contributed by atoms with Crippen LogP contribution >= 0.6 is 0 Å². The highest BCUT2D eigenvalue weighted by Gasteiger charge is 2.19. The third-order valence-corrected chi connectivity index (χ3v) is 6.65. The van der Waals surface area contributed by atoms with Gasteiger partial charge in [-0.05, 0) is 42.0 Å². The van der Waals surface area contributed by atoms with Crippen LogP contribution < -0.4 is 15.4 Å². The van der Waals surface area contributed by atoms with Gasteiger partial charge in [0.1, 0.15) is 0 Å². The fraction of sp³-hybridized carbons (Fsp3) is 0.0385. The number of urea groups is 1. The Bertz CT molecular complexity index is 1500. The first-order valence-corrected chi connectivity index (χ1v) is 12.2. The largest absolute Gasteiger partial charge is 0.334 e. The summed E-state index contributed by atoms with van der Waals surface area (Å²) in [7, 11) is -3.92. The highest BCUT2D eigenvalue weighted by Crippen LogP contribution is 2.28. The Hall–Kier alpha value is -4.31. The number of carbonyl (C=O) groups is 1. The van der Waals surface area contributed by atoms with Gasteiger partial charge in [0, 0.05) is 29.0 Å². The number of amides is 2. The molecule has 0 saturated heterocycles. The van der Waals surface area contributed by atoms with Gasteiger partial charge in [0.15, 0.2) is 17.5 Å². The predicted octanol–water partition coefficient (Wildman–Crippen LogP) is 5.89. The van der Waals surface area contributed by atoms with Gasteiger partial charge in [0.2, 0.25) is 0 Å². The first kappa shape index (κ1) is 24.8. The highest BCUT2D eigenvalue weighted by atomic mass is 32.2. The minimum absolute atomic E-state index is 0.113. The number of hydrogen-bond donors (Lipinski definition) is 3. The summed E-state index contributed by atoms with van der Waals surface area (Å²) in [6, 6.07) is 22.7. The van der Waals surface area contributed by atoms with E-state index in [9.17, 15) is 26.4 Å². The number of rotatable bonds is 7. The third kappa shape index (κ3) is 5.66. The van der Waals surface area contributed by atoms with Gasteiger partial charge < -0.3 is 10.6 Å². The smallest absolute Gasteiger partial charge is 0.319 e. The molecular weight excluding hydrogens is 491 g/mol. The van der Waals surface area contributed by atoms with Crippen LogP contribution in [0.2, 0.25) is 0 Å². The van der Waals surface area contributed by atoms with E-state index in [0.717, 1.165) is 17.7 Å². The van der Waals surface area contributed by atoms with Gasteiger partial charge in [-0.1, -0.05) is 54.6 Å². The molecule has 0 spiro atoms. The van der Waals surface area contributed by atoms with Crippen molar-refractivity contribution in [3.05, 3.63) is 114 Å². The molecule has 4 rings (SSSR count). The summed E-state index contributed by atoms with van der Waals surface area (Å²) in [5.74, 6) is -4.31. The number of hydrogen-bond acceptors (Lipinski definition) is 3. The van der Waals surface area contributed by atoms with E-state index in [1.54, 1.807) is 18.2 Å². The zero-order chi connectivity index (χ0) is 25.7. The SMILES string of the molecule is O=C(NCc1ccc(F)c(F)c1F)Nc1ccc(NS(=O)(=O)c2ccccc2-c2ccccc2)cc1. The van der Waals surface area contributed by atoms with Crippen molar-refractivity contribution >= 4 is 27.4 Å². The van der Waals surface area contributed by atoms with Crippen LogP contribution in [0.4, 0.5) is 29.3 Å². The van der Waals surface area contributed by atoms with Crippen molar-refractivity contribution in [2.24, 2.45) is 0 Å². The molecule has 0 unspecified atom stereocenters. The monoisotopic (exact) mass is 511 g/mol. The molecule has 0 aliphatic carbocycles. The van der Waals surface area contributed by atoms with Gasteiger partial charge in [0.25, 0.3) is 10.0 Å². The Balaban J connectivity index is 1.41. The summed E-state index contributed by atoms with van der Waals surface area (Å²) < 4.78 is 68.7. The average molecular weight is 512 g/mol. The topological polar surface area (TPSA) is 87.3 Å². The van der Waals surface area contributed by atoms with Gasteiger partial charge in [-0.3, -0.25) is 4.72 Å². The van der Waals surface area contributed by atoms with Gasteiger partial charge >= 0.3 is 6.03 Å². The number of nitrogens with one attached hydrogen (secondary N) is 3. The van der Waals surface area contributed by atoms with E-state index in [4.69, 9.17) is 0 Å². The molecule has 0 aliphatic rings. The Labute approximate surface area is 205 Å². The fourth-order valence-electron chi connectivity index (χ4n) is 3.44. The van der Waals surface area contributed by atoms with Gasteiger partial charge in [-0.25, -0.2) is 26.4 Å². The van der Waals surface area contributed by atoms with E-state index in [1.807, 2.05) is 30.3 Å². The molecule has 4 aromatic rings. The summed E-state index contributed by atoms with van der Waals surface area (Å²) in [4.78, 5) is 12.2. The van der Waals surface area contributed by atoms with Crippen molar-refractivity contribution in [2.75, 3.05) is 10.0 Å². The van der Waals surface area contributed by atoms with Gasteiger partial charge in [-0.15, -0.1) is 0 Å². The number of benzene rings is 4. The summed E-state index contributed by atoms with van der Waals surface area (Å²) >= 11 is 0. The highest BCUT2D eigenvalue weighted by molar-refractivity contribution is 7.92. The second-order valence-corrected chi connectivity index (χ2v) is 9.34. The minimum atomic E-state index is -3.92. The quantitative estimate of drug-likeness (QED) is 0.270. The molecule has 2 amide bonds. The van der Waals surface area contributed by atoms with Crippen molar-refractivity contribution in [1.29, 1.82) is 0 Å². The molecule has 0 heterocycles. The van der Waals surface area contributed by atoms with Crippen molar-refractivity contribution in [2.45, 2.75) is 11.4 Å². The molecule has 36 heavy (non-hydrogen) atoms. The minimum Gasteiger partial charge on any atom is -0.334 e. The lowest BCUT2D eigenvalue weighted by Gasteiger charge is -2.13. The molecule has 0 bridgehead atoms. The summed E-state index contributed by atoms with van der Waals surface area (Å²) in [5.41, 5.74) is 1.69. The maximum absolute atomic E-state index is 13.7. The molecule has 184 valence electrons. The second-order valence-electron chi connectivity index (χ2n) is 7.69. The number of halogens is 3. The Morgan fingerprint density at radius 3 is 2.08 bits per heavy atom. The molecule has 0 aliphatic heterocycles. The van der Waals surface area contributed by atoms with Crippen LogP contribution in [-0.4, -0.2) is 14.4 Å². The van der Waals surface area contributed by atoms with E-state index in [2.05, 4.69) is 15.4 Å². The van der Waals surface area contributed by atoms with Gasteiger partial charge in [0.05, 0.1) is 4.90 Å². The van der Waals surface area contributed by atoms with E-state index in [0.29, 0.717) is 11.3 Å². The van der Waals surface area contributed by atoms with Crippen LogP contribution in [0.1, 0.15) is 5.56 Å². The lowest BCUT2D eigenvalue weighted by molar-refractivity contribution is 0.251. The van der Waals surface area contributed by atoms with E-state index >= 15 is 0 Å². The molecule has 4 aromatic carbocycles. The molecular formula is C26H20F3N3O3S. The van der Waals surface area contributed by atoms with E-state index in [-0.39, 0.29) is 22.7 Å². The third-order valence-electron chi connectivity index (χ3n) is 5.21. The molecule has 6 nitrogen and oxygen atoms in total. The fourth-order valence-corrected chi connectivity index (χ4v) is 4.73. The average Bonchev–Trinajstić information content (AvgIpc) is 2.88. The van der Waals surface area contributed by atoms with Crippen LogP contribution in [-0.2, 0) is 16.6 Å². The van der Waals surface area contributed by atoms with Crippen LogP contribution in [0, 0.1) is 17.5 Å². The van der Waals surface area contributed by atoms with Crippen molar-refractivity contribution in [3.63, 3.8) is 0 Å². The number of sulfonamides is 1. The van der Waals surface area contributed by atoms with Crippen molar-refractivity contribution < 1.29 is 26.4 Å². The molecule has 10 heteroatoms. The second kappa shape index (κ2) is 10.5. The molecule has 0 fully saturated rings. The molecule has 0 aromatic heterocycles. The van der Waals surface area contributed by atoms with Gasteiger partial charge in [-0.2, -0.15) is 0 Å². The van der Waals surface area contributed by atoms with Crippen LogP contribution in [0.15, 0.2) is 95.9 Å². The summed E-state index contributed by atoms with van der Waals surface area (Å²) in [6.45, 7) is -0.367. The summed E-state index contributed by atoms with van der Waals surface area (Å²) in [6.07, 6.45) is 0. The van der Waals surface area contributed by atoms with Crippen LogP contribution in [0.25, 0.3) is 11.1 Å². The Morgan fingerprint density at radius 1 is 0.722 bits per heavy atom. The maximum atomic E-state index is 13.7. The Kier molecular flexibility index (Phi) is 7.25. The van der Waals surface area contributed by atoms with Crippen LogP contribution in [0.5, 0.6) is 0 Å². The first-order chi connectivity index (χ1) is 17.2. The molecule has 3 N–H and O–H groups in total. The number of anilines is 2. The standard InChI is InChI=1S/C26H20F3N3O3S/c27-22-15-10-18(24(28)25(22)29)16-30-26(33)31-19-11-13-20(14-12-19)32-36(34,35)23-9-5-4-8-21(23)17-6-2-1-3-7-17/h1-15,32H,16H2,(H2,30,31,33). The Morgan fingerprint density at radius 2 is 1.36 bits per heavy atom. The van der Waals surface area contributed by atoms with Crippen molar-refractivity contribution in [1.82, 2.24) is 5.32 Å².